The fraction of sp³-hybridized carbons (Fsp3) is 0.261. The summed E-state index contributed by atoms with van der Waals surface area (Å²) in [6, 6.07) is 17.3. The van der Waals surface area contributed by atoms with Crippen molar-refractivity contribution in [3.05, 3.63) is 66.7 Å². The number of amides is 3. The molecule has 1 N–H and O–H groups in total. The fourth-order valence-electron chi connectivity index (χ4n) is 4.02. The van der Waals surface area contributed by atoms with E-state index in [9.17, 15) is 14.4 Å². The largest absolute Gasteiger partial charge is 0.343 e. The predicted molar refractivity (Wildman–Crippen MR) is 112 cm³/mol. The van der Waals surface area contributed by atoms with Crippen LogP contribution < -0.4 is 10.2 Å². The van der Waals surface area contributed by atoms with Gasteiger partial charge in [0, 0.05) is 12.7 Å². The van der Waals surface area contributed by atoms with E-state index in [1.165, 1.54) is 0 Å². The van der Waals surface area contributed by atoms with Gasteiger partial charge in [0.1, 0.15) is 6.54 Å². The molecule has 2 aliphatic rings. The van der Waals surface area contributed by atoms with Crippen molar-refractivity contribution in [1.82, 2.24) is 4.90 Å². The van der Waals surface area contributed by atoms with E-state index in [1.807, 2.05) is 78.7 Å². The summed E-state index contributed by atoms with van der Waals surface area (Å²) in [5.74, 6) is -1.51. The Morgan fingerprint density at radius 1 is 0.966 bits per heavy atom. The first-order valence-corrected chi connectivity index (χ1v) is 9.74. The molecule has 148 valence electrons. The van der Waals surface area contributed by atoms with Crippen LogP contribution in [-0.4, -0.2) is 36.2 Å². The zero-order valence-electron chi connectivity index (χ0n) is 16.2. The molecule has 3 amide bonds. The molecule has 4 rings (SSSR count). The Morgan fingerprint density at radius 3 is 2.21 bits per heavy atom. The fourth-order valence-corrected chi connectivity index (χ4v) is 4.02. The Bertz CT molecular complexity index is 944. The maximum Gasteiger partial charge on any atom is 0.244 e. The van der Waals surface area contributed by atoms with Gasteiger partial charge in [-0.1, -0.05) is 42.5 Å². The second-order valence-electron chi connectivity index (χ2n) is 7.38. The van der Waals surface area contributed by atoms with Crippen molar-refractivity contribution >= 4 is 34.8 Å². The van der Waals surface area contributed by atoms with Gasteiger partial charge < -0.3 is 10.2 Å². The molecule has 29 heavy (non-hydrogen) atoms. The molecule has 0 unspecified atom stereocenters. The highest BCUT2D eigenvalue weighted by Crippen LogP contribution is 2.35. The number of nitrogens with zero attached hydrogens (tertiary/aromatic N) is 2. The monoisotopic (exact) mass is 389 g/mol. The Hall–Kier alpha value is -3.41. The summed E-state index contributed by atoms with van der Waals surface area (Å²) in [6.45, 7) is -0.256. The third kappa shape index (κ3) is 3.66. The molecule has 1 heterocycles. The average molecular weight is 389 g/mol. The summed E-state index contributed by atoms with van der Waals surface area (Å²) in [7, 11) is 1.92. The SMILES string of the molecule is CN(c1ccccc1)c1ccccc1NC(=O)CN1C(=O)[C@H]2CC=CC[C@@H]2C1=O. The third-order valence-electron chi connectivity index (χ3n) is 5.58. The zero-order chi connectivity index (χ0) is 20.4. The topological polar surface area (TPSA) is 69.7 Å². The van der Waals surface area contributed by atoms with Gasteiger partial charge in [0.05, 0.1) is 23.2 Å². The lowest BCUT2D eigenvalue weighted by Crippen LogP contribution is -2.38. The minimum Gasteiger partial charge on any atom is -0.343 e. The number of nitrogens with one attached hydrogen (secondary N) is 1. The van der Waals surface area contributed by atoms with Crippen molar-refractivity contribution in [2.45, 2.75) is 12.8 Å². The first-order chi connectivity index (χ1) is 14.1. The minimum absolute atomic E-state index is 0.241. The number of hydrogen-bond donors (Lipinski definition) is 1. The Kier molecular flexibility index (Phi) is 5.16. The van der Waals surface area contributed by atoms with Gasteiger partial charge >= 0.3 is 0 Å². The molecule has 1 fully saturated rings. The van der Waals surface area contributed by atoms with Crippen molar-refractivity contribution < 1.29 is 14.4 Å². The number of para-hydroxylation sites is 3. The molecule has 0 saturated carbocycles. The standard InChI is InChI=1S/C23H23N3O3/c1-25(16-9-3-2-4-10-16)20-14-8-7-13-19(20)24-21(27)15-26-22(28)17-11-5-6-12-18(17)23(26)29/h2-10,13-14,17-18H,11-12,15H2,1H3,(H,24,27)/t17-,18-/m0/s1. The number of likely N-dealkylation sites (tertiary alicyclic amines) is 1. The van der Waals surface area contributed by atoms with Crippen LogP contribution in [0.3, 0.4) is 0 Å². The minimum atomic E-state index is -0.382. The van der Waals surface area contributed by atoms with Crippen molar-refractivity contribution in [1.29, 1.82) is 0 Å². The van der Waals surface area contributed by atoms with Crippen molar-refractivity contribution in [3.8, 4) is 0 Å². The molecular formula is C23H23N3O3. The van der Waals surface area contributed by atoms with Gasteiger partial charge in [0.2, 0.25) is 17.7 Å². The molecule has 1 saturated heterocycles. The smallest absolute Gasteiger partial charge is 0.244 e. The Morgan fingerprint density at radius 2 is 1.55 bits per heavy atom. The molecule has 0 bridgehead atoms. The molecular weight excluding hydrogens is 366 g/mol. The van der Waals surface area contributed by atoms with E-state index in [-0.39, 0.29) is 36.1 Å². The van der Waals surface area contributed by atoms with E-state index in [4.69, 9.17) is 0 Å². The van der Waals surface area contributed by atoms with Crippen LogP contribution in [0, 0.1) is 11.8 Å². The predicted octanol–water partition coefficient (Wildman–Crippen LogP) is 3.34. The molecule has 1 aliphatic heterocycles. The van der Waals surface area contributed by atoms with Crippen LogP contribution in [0.4, 0.5) is 17.1 Å². The molecule has 2 aromatic rings. The lowest BCUT2D eigenvalue weighted by Gasteiger charge is -2.23. The van der Waals surface area contributed by atoms with Crippen LogP contribution >= 0.6 is 0 Å². The van der Waals surface area contributed by atoms with Crippen LogP contribution in [0.25, 0.3) is 0 Å². The molecule has 1 aliphatic carbocycles. The molecule has 2 aromatic carbocycles. The van der Waals surface area contributed by atoms with Crippen LogP contribution in [0.1, 0.15) is 12.8 Å². The number of hydrogen-bond acceptors (Lipinski definition) is 4. The van der Waals surface area contributed by atoms with Gasteiger partial charge in [-0.25, -0.2) is 0 Å². The van der Waals surface area contributed by atoms with Crippen molar-refractivity contribution in [3.63, 3.8) is 0 Å². The summed E-state index contributed by atoms with van der Waals surface area (Å²) < 4.78 is 0. The number of benzene rings is 2. The van der Waals surface area contributed by atoms with Crippen molar-refractivity contribution in [2.24, 2.45) is 11.8 Å². The molecule has 0 aromatic heterocycles. The average Bonchev–Trinajstić information content (AvgIpc) is 2.99. The van der Waals surface area contributed by atoms with Gasteiger partial charge in [-0.15, -0.1) is 0 Å². The molecule has 6 heteroatoms. The van der Waals surface area contributed by atoms with Crippen molar-refractivity contribution in [2.75, 3.05) is 23.8 Å². The number of carbonyl (C=O) groups excluding carboxylic acids is 3. The maximum absolute atomic E-state index is 12.7. The Labute approximate surface area is 169 Å². The van der Waals surface area contributed by atoms with Crippen LogP contribution in [0.2, 0.25) is 0 Å². The quantitative estimate of drug-likeness (QED) is 0.629. The van der Waals surface area contributed by atoms with E-state index in [1.54, 1.807) is 0 Å². The second kappa shape index (κ2) is 7.91. The number of rotatable bonds is 5. The summed E-state index contributed by atoms with van der Waals surface area (Å²) in [4.78, 5) is 40.9. The summed E-state index contributed by atoms with van der Waals surface area (Å²) in [5.41, 5.74) is 2.43. The third-order valence-corrected chi connectivity index (χ3v) is 5.58. The zero-order valence-corrected chi connectivity index (χ0v) is 16.2. The summed E-state index contributed by atoms with van der Waals surface area (Å²) in [6.07, 6.45) is 5.01. The lowest BCUT2D eigenvalue weighted by molar-refractivity contribution is -0.142. The Balaban J connectivity index is 1.48. The highest BCUT2D eigenvalue weighted by atomic mass is 16.2. The summed E-state index contributed by atoms with van der Waals surface area (Å²) in [5, 5.41) is 2.87. The molecule has 0 radical (unpaired) electrons. The first-order valence-electron chi connectivity index (χ1n) is 9.74. The van der Waals surface area contributed by atoms with Crippen LogP contribution in [-0.2, 0) is 14.4 Å². The van der Waals surface area contributed by atoms with E-state index in [2.05, 4.69) is 5.32 Å². The first kappa shape index (κ1) is 18.9. The highest BCUT2D eigenvalue weighted by Gasteiger charge is 2.47. The normalized spacial score (nSPS) is 20.5. The number of anilines is 3. The molecule has 6 nitrogen and oxygen atoms in total. The van der Waals surface area contributed by atoms with Gasteiger partial charge in [-0.2, -0.15) is 0 Å². The van der Waals surface area contributed by atoms with Gasteiger partial charge in [0.15, 0.2) is 0 Å². The van der Waals surface area contributed by atoms with Gasteiger partial charge in [-0.05, 0) is 37.1 Å². The number of allylic oxidation sites excluding steroid dienone is 2. The second-order valence-corrected chi connectivity index (χ2v) is 7.38. The van der Waals surface area contributed by atoms with Gasteiger partial charge in [-0.3, -0.25) is 19.3 Å². The number of fused-ring (bicyclic) bond motifs is 1. The molecule has 2 atom stereocenters. The number of imide groups is 1. The number of carbonyl (C=O) groups is 3. The van der Waals surface area contributed by atoms with Crippen LogP contribution in [0.5, 0.6) is 0 Å². The van der Waals surface area contributed by atoms with E-state index in [0.29, 0.717) is 18.5 Å². The maximum atomic E-state index is 12.7. The lowest BCUT2D eigenvalue weighted by atomic mass is 9.85. The van der Waals surface area contributed by atoms with E-state index >= 15 is 0 Å². The van der Waals surface area contributed by atoms with Crippen LogP contribution in [0.15, 0.2) is 66.7 Å². The van der Waals surface area contributed by atoms with E-state index < -0.39 is 0 Å². The highest BCUT2D eigenvalue weighted by molar-refractivity contribution is 6.09. The summed E-state index contributed by atoms with van der Waals surface area (Å²) >= 11 is 0. The van der Waals surface area contributed by atoms with Gasteiger partial charge in [0.25, 0.3) is 0 Å². The van der Waals surface area contributed by atoms with E-state index in [0.717, 1.165) is 16.3 Å². The molecule has 0 spiro atoms.